The fourth-order valence-electron chi connectivity index (χ4n) is 1.91. The first-order chi connectivity index (χ1) is 11.6. The van der Waals surface area contributed by atoms with Gasteiger partial charge in [-0.25, -0.2) is 4.79 Å². The topological polar surface area (TPSA) is 129 Å². The average Bonchev–Trinajstić information content (AvgIpc) is 2.49. The lowest BCUT2D eigenvalue weighted by Crippen LogP contribution is -2.40. The fraction of sp³-hybridized carbons (Fsp3) is 0.412. The number of carbonyl (C=O) groups excluding carboxylic acids is 2. The molecule has 8 nitrogen and oxygen atoms in total. The molecule has 0 radical (unpaired) electrons. The highest BCUT2D eigenvalue weighted by Gasteiger charge is 2.14. The minimum Gasteiger partial charge on any atom is -0.494 e. The molecule has 0 aliphatic carbocycles. The van der Waals surface area contributed by atoms with Crippen molar-refractivity contribution >= 4 is 23.4 Å². The molecule has 0 aromatic heterocycles. The average molecular weight is 350 g/mol. The third-order valence-corrected chi connectivity index (χ3v) is 2.99. The van der Waals surface area contributed by atoms with E-state index in [0.717, 1.165) is 0 Å². The van der Waals surface area contributed by atoms with Crippen LogP contribution in [0.4, 0.5) is 16.2 Å². The Hall–Kier alpha value is -2.90. The summed E-state index contributed by atoms with van der Waals surface area (Å²) in [5, 5.41) is 5.77. The van der Waals surface area contributed by atoms with E-state index >= 15 is 0 Å². The van der Waals surface area contributed by atoms with Gasteiger partial charge in [-0.2, -0.15) is 0 Å². The predicted octanol–water partition coefficient (Wildman–Crippen LogP) is 1.87. The number of hydrogen-bond acceptors (Lipinski definition) is 6. The van der Waals surface area contributed by atoms with E-state index in [9.17, 15) is 9.59 Å². The molecule has 6 N–H and O–H groups in total. The highest BCUT2D eigenvalue weighted by atomic mass is 16.5. The van der Waals surface area contributed by atoms with Gasteiger partial charge in [0.2, 0.25) is 5.91 Å². The second-order valence-corrected chi connectivity index (χ2v) is 6.33. The Labute approximate surface area is 147 Å². The van der Waals surface area contributed by atoms with Crippen LogP contribution in [0.1, 0.15) is 31.1 Å². The first-order valence-electron chi connectivity index (χ1n) is 7.75. The highest BCUT2D eigenvalue weighted by molar-refractivity contribution is 5.96. The summed E-state index contributed by atoms with van der Waals surface area (Å²) in [4.78, 5) is 22.7. The molecule has 2 amide bonds. The van der Waals surface area contributed by atoms with E-state index < -0.39 is 12.0 Å². The van der Waals surface area contributed by atoms with Crippen LogP contribution in [0, 0.1) is 0 Å². The molecule has 0 atom stereocenters. The number of rotatable bonds is 7. The molecule has 0 unspecified atom stereocenters. The molecule has 0 bridgehead atoms. The molecular weight excluding hydrogens is 324 g/mol. The van der Waals surface area contributed by atoms with Crippen molar-refractivity contribution in [3.05, 3.63) is 29.8 Å². The summed E-state index contributed by atoms with van der Waals surface area (Å²) in [6.45, 7) is 6.19. The smallest absolute Gasteiger partial charge is 0.407 e. The Morgan fingerprint density at radius 2 is 1.92 bits per heavy atom. The van der Waals surface area contributed by atoms with E-state index in [-0.39, 0.29) is 17.7 Å². The Kier molecular flexibility index (Phi) is 7.10. The van der Waals surface area contributed by atoms with Crippen LogP contribution in [-0.2, 0) is 4.74 Å². The van der Waals surface area contributed by atoms with E-state index in [1.165, 1.54) is 19.2 Å². The van der Waals surface area contributed by atoms with Crippen LogP contribution in [0.15, 0.2) is 24.3 Å². The van der Waals surface area contributed by atoms with Crippen LogP contribution in [0.25, 0.3) is 0 Å². The van der Waals surface area contributed by atoms with Gasteiger partial charge in [-0.3, -0.25) is 4.79 Å². The van der Waals surface area contributed by atoms with Crippen molar-refractivity contribution < 1.29 is 19.1 Å². The number of nitrogens with one attached hydrogen (secondary N) is 2. The molecule has 138 valence electrons. The molecule has 0 saturated heterocycles. The molecule has 25 heavy (non-hydrogen) atoms. The molecule has 0 aliphatic rings. The molecule has 1 aromatic carbocycles. The summed E-state index contributed by atoms with van der Waals surface area (Å²) in [5.74, 6) is -0.162. The van der Waals surface area contributed by atoms with Gasteiger partial charge < -0.3 is 31.6 Å². The highest BCUT2D eigenvalue weighted by Crippen LogP contribution is 2.32. The van der Waals surface area contributed by atoms with Crippen LogP contribution >= 0.6 is 0 Å². The largest absolute Gasteiger partial charge is 0.494 e. The zero-order chi connectivity index (χ0) is 19.0. The molecule has 1 aromatic rings. The SMILES string of the molecule is COc1cc(C(N)=O)cc(N)c1NC/C=C/COC(=O)NC(C)(C)C. The number of benzene rings is 1. The third kappa shape index (κ3) is 7.03. The van der Waals surface area contributed by atoms with Gasteiger partial charge in [-0.05, 0) is 39.0 Å². The zero-order valence-corrected chi connectivity index (χ0v) is 15.0. The maximum absolute atomic E-state index is 11.5. The first kappa shape index (κ1) is 20.1. The Morgan fingerprint density at radius 1 is 1.24 bits per heavy atom. The molecule has 8 heteroatoms. The summed E-state index contributed by atoms with van der Waals surface area (Å²) in [5.41, 5.74) is 12.0. The van der Waals surface area contributed by atoms with Crippen LogP contribution in [-0.4, -0.2) is 37.8 Å². The lowest BCUT2D eigenvalue weighted by Gasteiger charge is -2.19. The number of anilines is 2. The van der Waals surface area contributed by atoms with Crippen molar-refractivity contribution in [1.29, 1.82) is 0 Å². The van der Waals surface area contributed by atoms with Crippen LogP contribution in [0.5, 0.6) is 5.75 Å². The Bertz CT molecular complexity index is 651. The number of primary amides is 1. The van der Waals surface area contributed by atoms with Crippen molar-refractivity contribution in [2.45, 2.75) is 26.3 Å². The summed E-state index contributed by atoms with van der Waals surface area (Å²) in [7, 11) is 1.47. The second-order valence-electron chi connectivity index (χ2n) is 6.33. The van der Waals surface area contributed by atoms with E-state index in [2.05, 4.69) is 10.6 Å². The molecule has 0 heterocycles. The number of nitrogen functional groups attached to an aromatic ring is 1. The van der Waals surface area contributed by atoms with Gasteiger partial charge in [0.25, 0.3) is 0 Å². The van der Waals surface area contributed by atoms with Gasteiger partial charge in [0, 0.05) is 17.6 Å². The van der Waals surface area contributed by atoms with Gasteiger partial charge in [0.1, 0.15) is 18.0 Å². The maximum atomic E-state index is 11.5. The number of amides is 2. The van der Waals surface area contributed by atoms with Gasteiger partial charge in [-0.1, -0.05) is 6.08 Å². The molecule has 0 spiro atoms. The molecule has 0 fully saturated rings. The number of carbonyl (C=O) groups is 2. The van der Waals surface area contributed by atoms with Crippen LogP contribution in [0.2, 0.25) is 0 Å². The third-order valence-electron chi connectivity index (χ3n) is 2.99. The summed E-state index contributed by atoms with van der Waals surface area (Å²) in [6.07, 6.45) is 3.01. The molecule has 1 rings (SSSR count). The van der Waals surface area contributed by atoms with Crippen molar-refractivity contribution in [3.8, 4) is 5.75 Å². The Morgan fingerprint density at radius 3 is 2.48 bits per heavy atom. The summed E-state index contributed by atoms with van der Waals surface area (Å²) in [6, 6.07) is 3.00. The van der Waals surface area contributed by atoms with E-state index in [4.69, 9.17) is 20.9 Å². The van der Waals surface area contributed by atoms with Gasteiger partial charge in [-0.15, -0.1) is 0 Å². The second kappa shape index (κ2) is 8.81. The number of alkyl carbamates (subject to hydrolysis) is 1. The molecular formula is C17H26N4O4. The van der Waals surface area contributed by atoms with E-state index in [1.807, 2.05) is 20.8 Å². The van der Waals surface area contributed by atoms with Gasteiger partial charge in [0.05, 0.1) is 12.8 Å². The summed E-state index contributed by atoms with van der Waals surface area (Å²) >= 11 is 0. The molecule has 0 saturated carbocycles. The minimum absolute atomic E-state index is 0.150. The zero-order valence-electron chi connectivity index (χ0n) is 15.0. The van der Waals surface area contributed by atoms with Crippen LogP contribution in [0.3, 0.4) is 0 Å². The van der Waals surface area contributed by atoms with Gasteiger partial charge >= 0.3 is 6.09 Å². The van der Waals surface area contributed by atoms with Gasteiger partial charge in [0.15, 0.2) is 0 Å². The number of hydrogen-bond donors (Lipinski definition) is 4. The quantitative estimate of drug-likeness (QED) is 0.439. The first-order valence-corrected chi connectivity index (χ1v) is 7.75. The summed E-state index contributed by atoms with van der Waals surface area (Å²) < 4.78 is 10.2. The van der Waals surface area contributed by atoms with Crippen LogP contribution < -0.4 is 26.8 Å². The lowest BCUT2D eigenvalue weighted by molar-refractivity contribution is 0.1000. The standard InChI is InChI=1S/C17H26N4O4/c1-17(2,3)21-16(23)25-8-6-5-7-20-14-12(18)9-11(15(19)22)10-13(14)24-4/h5-6,9-10,20H,7-8,18H2,1-4H3,(H2,19,22)(H,21,23)/b6-5+. The normalized spacial score (nSPS) is 11.2. The number of methoxy groups -OCH3 is 1. The van der Waals surface area contributed by atoms with E-state index in [0.29, 0.717) is 23.7 Å². The predicted molar refractivity (Wildman–Crippen MR) is 97.8 cm³/mol. The van der Waals surface area contributed by atoms with Crippen molar-refractivity contribution in [2.75, 3.05) is 31.3 Å². The molecule has 0 aliphatic heterocycles. The Balaban J connectivity index is 2.53. The van der Waals surface area contributed by atoms with Crippen molar-refractivity contribution in [1.82, 2.24) is 5.32 Å². The number of nitrogens with two attached hydrogens (primary N) is 2. The van der Waals surface area contributed by atoms with E-state index in [1.54, 1.807) is 12.2 Å². The lowest BCUT2D eigenvalue weighted by atomic mass is 10.1. The number of ether oxygens (including phenoxy) is 2. The van der Waals surface area contributed by atoms with Crippen molar-refractivity contribution in [3.63, 3.8) is 0 Å². The fourth-order valence-corrected chi connectivity index (χ4v) is 1.91. The maximum Gasteiger partial charge on any atom is 0.407 e. The van der Waals surface area contributed by atoms with Crippen molar-refractivity contribution in [2.24, 2.45) is 5.73 Å². The monoisotopic (exact) mass is 350 g/mol. The minimum atomic E-state index is -0.581.